The van der Waals surface area contributed by atoms with Crippen LogP contribution in [0.4, 0.5) is 4.79 Å². The van der Waals surface area contributed by atoms with Crippen LogP contribution in [0.25, 0.3) is 0 Å². The summed E-state index contributed by atoms with van der Waals surface area (Å²) in [5.41, 5.74) is 6.17. The van der Waals surface area contributed by atoms with Crippen LogP contribution in [0.1, 0.15) is 51.1 Å². The summed E-state index contributed by atoms with van der Waals surface area (Å²) in [4.78, 5) is 31.0. The number of carbonyl (C=O) groups is 2. The normalized spacial score (nSPS) is 17.9. The number of rotatable bonds is 8. The molecule has 1 aromatic rings. The van der Waals surface area contributed by atoms with Gasteiger partial charge in [-0.3, -0.25) is 9.78 Å². The van der Waals surface area contributed by atoms with E-state index in [2.05, 4.69) is 22.5 Å². The molecule has 7 nitrogen and oxygen atoms in total. The highest BCUT2D eigenvalue weighted by atomic mass is 35.5. The summed E-state index contributed by atoms with van der Waals surface area (Å²) in [6.45, 7) is 4.38. The highest BCUT2D eigenvalue weighted by Gasteiger charge is 2.30. The van der Waals surface area contributed by atoms with Crippen molar-refractivity contribution in [2.24, 2.45) is 5.73 Å². The lowest BCUT2D eigenvalue weighted by molar-refractivity contribution is -0.136. The summed E-state index contributed by atoms with van der Waals surface area (Å²) in [6, 6.07) is 4.63. The van der Waals surface area contributed by atoms with Crippen molar-refractivity contribution in [3.8, 4) is 0 Å². The molecule has 1 aromatic heterocycles. The van der Waals surface area contributed by atoms with E-state index in [0.717, 1.165) is 50.9 Å². The van der Waals surface area contributed by atoms with Crippen molar-refractivity contribution >= 4 is 24.3 Å². The lowest BCUT2D eigenvalue weighted by atomic mass is 10.0. The van der Waals surface area contributed by atoms with Crippen LogP contribution in [0, 0.1) is 0 Å². The second kappa shape index (κ2) is 12.5. The molecule has 0 aromatic carbocycles. The number of pyridine rings is 1. The predicted molar refractivity (Wildman–Crippen MR) is 109 cm³/mol. The number of hydrogen-bond donors (Lipinski definition) is 3. The van der Waals surface area contributed by atoms with Crippen molar-refractivity contribution in [1.82, 2.24) is 20.5 Å². The Labute approximate surface area is 167 Å². The minimum atomic E-state index is -0.653. The van der Waals surface area contributed by atoms with Gasteiger partial charge in [0.05, 0.1) is 12.2 Å². The third-order valence-corrected chi connectivity index (χ3v) is 4.79. The van der Waals surface area contributed by atoms with Gasteiger partial charge in [-0.1, -0.05) is 25.8 Å². The summed E-state index contributed by atoms with van der Waals surface area (Å²) < 4.78 is 0. The van der Waals surface area contributed by atoms with Gasteiger partial charge in [0, 0.05) is 12.2 Å². The Hall–Kier alpha value is -1.86. The van der Waals surface area contributed by atoms with Gasteiger partial charge in [0.2, 0.25) is 5.91 Å². The highest BCUT2D eigenvalue weighted by molar-refractivity contribution is 5.86. The number of unbranched alkanes of at least 4 members (excludes halogenated alkanes) is 1. The van der Waals surface area contributed by atoms with Gasteiger partial charge < -0.3 is 21.3 Å². The molecule has 4 N–H and O–H groups in total. The molecule has 27 heavy (non-hydrogen) atoms. The Morgan fingerprint density at radius 2 is 2.19 bits per heavy atom. The fourth-order valence-electron chi connectivity index (χ4n) is 3.40. The highest BCUT2D eigenvalue weighted by Crippen LogP contribution is 2.19. The molecule has 152 valence electrons. The van der Waals surface area contributed by atoms with E-state index in [-0.39, 0.29) is 24.4 Å². The van der Waals surface area contributed by atoms with E-state index in [1.807, 2.05) is 23.1 Å². The standard InChI is InChI=1S/C19H31N5O2.ClH/c1-2-3-9-17(23-19(20)26)18(25)24(14-15-7-4-5-12-22-15)16-8-6-11-21-13-10-16;/h4-5,7,12,16-17,21H,2-3,6,8-11,13-14H2,1H3,(H3,20,23,26);1H. The van der Waals surface area contributed by atoms with Gasteiger partial charge in [0.25, 0.3) is 0 Å². The zero-order valence-corrected chi connectivity index (χ0v) is 16.8. The first kappa shape index (κ1) is 23.2. The first-order chi connectivity index (χ1) is 12.6. The lowest BCUT2D eigenvalue weighted by Crippen LogP contribution is -2.52. The first-order valence-electron chi connectivity index (χ1n) is 9.59. The zero-order chi connectivity index (χ0) is 18.8. The van der Waals surface area contributed by atoms with Gasteiger partial charge in [-0.2, -0.15) is 0 Å². The van der Waals surface area contributed by atoms with Crippen molar-refractivity contribution in [2.75, 3.05) is 13.1 Å². The molecule has 0 aliphatic carbocycles. The van der Waals surface area contributed by atoms with Gasteiger partial charge in [-0.05, 0) is 50.9 Å². The molecule has 1 aliphatic heterocycles. The molecule has 0 bridgehead atoms. The van der Waals surface area contributed by atoms with E-state index in [0.29, 0.717) is 13.0 Å². The maximum Gasteiger partial charge on any atom is 0.312 e. The van der Waals surface area contributed by atoms with E-state index in [4.69, 9.17) is 5.73 Å². The van der Waals surface area contributed by atoms with Gasteiger partial charge in [-0.25, -0.2) is 4.79 Å². The summed E-state index contributed by atoms with van der Waals surface area (Å²) >= 11 is 0. The molecule has 3 amide bonds. The maximum atomic E-state index is 13.3. The number of nitrogens with zero attached hydrogens (tertiary/aromatic N) is 2. The van der Waals surface area contributed by atoms with Crippen LogP contribution in [-0.2, 0) is 11.3 Å². The van der Waals surface area contributed by atoms with Crippen molar-refractivity contribution in [3.63, 3.8) is 0 Å². The number of amides is 3. The van der Waals surface area contributed by atoms with Gasteiger partial charge in [0.15, 0.2) is 0 Å². The second-order valence-corrected chi connectivity index (χ2v) is 6.83. The first-order valence-corrected chi connectivity index (χ1v) is 9.59. The smallest absolute Gasteiger partial charge is 0.312 e. The molecule has 0 spiro atoms. The average Bonchev–Trinajstić information content (AvgIpc) is 2.92. The minimum Gasteiger partial charge on any atom is -0.352 e. The second-order valence-electron chi connectivity index (χ2n) is 6.83. The third-order valence-electron chi connectivity index (χ3n) is 4.79. The van der Waals surface area contributed by atoms with Gasteiger partial charge in [0.1, 0.15) is 6.04 Å². The zero-order valence-electron chi connectivity index (χ0n) is 16.0. The summed E-state index contributed by atoms with van der Waals surface area (Å²) in [6.07, 6.45) is 7.03. The van der Waals surface area contributed by atoms with E-state index in [1.54, 1.807) is 6.20 Å². The topological polar surface area (TPSA) is 100 Å². The lowest BCUT2D eigenvalue weighted by Gasteiger charge is -2.34. The van der Waals surface area contributed by atoms with E-state index in [1.165, 1.54) is 0 Å². The number of urea groups is 1. The molecule has 1 saturated heterocycles. The Morgan fingerprint density at radius 3 is 2.85 bits per heavy atom. The van der Waals surface area contributed by atoms with Crippen LogP contribution >= 0.6 is 12.4 Å². The molecule has 2 unspecified atom stereocenters. The molecular formula is C19H32ClN5O2. The van der Waals surface area contributed by atoms with E-state index in [9.17, 15) is 9.59 Å². The molecule has 2 atom stereocenters. The molecular weight excluding hydrogens is 366 g/mol. The SMILES string of the molecule is CCCCC(NC(N)=O)C(=O)N(Cc1ccccn1)C1CCCNCC1.Cl. The van der Waals surface area contributed by atoms with Crippen LogP contribution in [0.15, 0.2) is 24.4 Å². The molecule has 1 fully saturated rings. The van der Waals surface area contributed by atoms with Crippen molar-refractivity contribution in [1.29, 1.82) is 0 Å². The van der Waals surface area contributed by atoms with E-state index >= 15 is 0 Å². The fraction of sp³-hybridized carbons (Fsp3) is 0.632. The quantitative estimate of drug-likeness (QED) is 0.626. The molecule has 8 heteroatoms. The molecule has 0 saturated carbocycles. The van der Waals surface area contributed by atoms with Crippen LogP contribution in [0.2, 0.25) is 0 Å². The maximum absolute atomic E-state index is 13.3. The van der Waals surface area contributed by atoms with Crippen molar-refractivity contribution in [2.45, 2.75) is 64.1 Å². The van der Waals surface area contributed by atoms with Gasteiger partial charge >= 0.3 is 6.03 Å². The number of halogens is 1. The van der Waals surface area contributed by atoms with Crippen LogP contribution in [-0.4, -0.2) is 47.0 Å². The number of nitrogens with two attached hydrogens (primary N) is 1. The van der Waals surface area contributed by atoms with Crippen LogP contribution < -0.4 is 16.4 Å². The molecule has 0 radical (unpaired) electrons. The number of carbonyl (C=O) groups excluding carboxylic acids is 2. The van der Waals surface area contributed by atoms with Crippen molar-refractivity contribution < 1.29 is 9.59 Å². The number of nitrogens with one attached hydrogen (secondary N) is 2. The fourth-order valence-corrected chi connectivity index (χ4v) is 3.40. The predicted octanol–water partition coefficient (Wildman–Crippen LogP) is 2.20. The average molecular weight is 398 g/mol. The minimum absolute atomic E-state index is 0. The largest absolute Gasteiger partial charge is 0.352 e. The number of hydrogen-bond acceptors (Lipinski definition) is 4. The van der Waals surface area contributed by atoms with Gasteiger partial charge in [-0.15, -0.1) is 12.4 Å². The Kier molecular flexibility index (Phi) is 10.7. The van der Waals surface area contributed by atoms with Crippen LogP contribution in [0.3, 0.4) is 0 Å². The van der Waals surface area contributed by atoms with E-state index < -0.39 is 12.1 Å². The number of primary amides is 1. The number of aromatic nitrogens is 1. The summed E-state index contributed by atoms with van der Waals surface area (Å²) in [7, 11) is 0. The molecule has 2 heterocycles. The summed E-state index contributed by atoms with van der Waals surface area (Å²) in [5, 5.41) is 6.03. The Morgan fingerprint density at radius 1 is 1.37 bits per heavy atom. The monoisotopic (exact) mass is 397 g/mol. The van der Waals surface area contributed by atoms with Crippen LogP contribution in [0.5, 0.6) is 0 Å². The molecule has 1 aliphatic rings. The molecule has 2 rings (SSSR count). The Bertz CT molecular complexity index is 564. The summed E-state index contributed by atoms with van der Waals surface area (Å²) in [5.74, 6) is -0.0604. The Balaban J connectivity index is 0.00000364. The third kappa shape index (κ3) is 7.72. The van der Waals surface area contributed by atoms with Crippen molar-refractivity contribution in [3.05, 3.63) is 30.1 Å².